The molecule has 0 aliphatic heterocycles. The van der Waals surface area contributed by atoms with E-state index in [-0.39, 0.29) is 11.3 Å². The van der Waals surface area contributed by atoms with Crippen LogP contribution in [0.15, 0.2) is 71.8 Å². The molecule has 36 heavy (non-hydrogen) atoms. The lowest BCUT2D eigenvalue weighted by molar-refractivity contribution is -0.118. The van der Waals surface area contributed by atoms with Crippen molar-refractivity contribution < 1.29 is 9.32 Å². The van der Waals surface area contributed by atoms with Crippen LogP contribution < -0.4 is 5.32 Å². The zero-order valence-electron chi connectivity index (χ0n) is 20.8. The Morgan fingerprint density at radius 2 is 1.83 bits per heavy atom. The number of nitrogens with one attached hydrogen (secondary N) is 1. The van der Waals surface area contributed by atoms with Gasteiger partial charge in [0.05, 0.1) is 28.3 Å². The zero-order valence-corrected chi connectivity index (χ0v) is 20.8. The highest BCUT2D eigenvalue weighted by Gasteiger charge is 2.51. The van der Waals surface area contributed by atoms with E-state index < -0.39 is 5.41 Å². The molecule has 1 amide bonds. The maximum absolute atomic E-state index is 13.2. The van der Waals surface area contributed by atoms with E-state index in [9.17, 15) is 4.79 Å². The molecular formula is C28H28N6O2. The Morgan fingerprint density at radius 3 is 2.47 bits per heavy atom. The van der Waals surface area contributed by atoms with Crippen LogP contribution in [0.4, 0.5) is 5.88 Å². The molecule has 1 N–H and O–H groups in total. The summed E-state index contributed by atoms with van der Waals surface area (Å²) in [5.41, 5.74) is 6.23. The fraction of sp³-hybridized carbons (Fsp3) is 0.286. The van der Waals surface area contributed by atoms with Gasteiger partial charge in [0.1, 0.15) is 6.33 Å². The molecule has 5 aromatic rings. The van der Waals surface area contributed by atoms with Gasteiger partial charge >= 0.3 is 0 Å². The summed E-state index contributed by atoms with van der Waals surface area (Å²) in [6.07, 6.45) is 7.30. The van der Waals surface area contributed by atoms with Gasteiger partial charge in [0, 0.05) is 36.0 Å². The Balaban J connectivity index is 1.23. The van der Waals surface area contributed by atoms with Gasteiger partial charge in [-0.2, -0.15) is 5.10 Å². The number of fused-ring (bicyclic) bond motifs is 1. The molecule has 3 heterocycles. The summed E-state index contributed by atoms with van der Waals surface area (Å²) in [5.74, 6) is 0.339. The van der Waals surface area contributed by atoms with Crippen molar-refractivity contribution in [3.63, 3.8) is 0 Å². The van der Waals surface area contributed by atoms with Crippen molar-refractivity contribution in [1.29, 1.82) is 0 Å². The lowest BCUT2D eigenvalue weighted by Crippen LogP contribution is -2.27. The first-order valence-corrected chi connectivity index (χ1v) is 12.1. The number of carbonyl (C=O) groups excluding carboxylic acids is 1. The van der Waals surface area contributed by atoms with Crippen molar-refractivity contribution in [1.82, 2.24) is 24.5 Å². The second kappa shape index (κ2) is 7.91. The normalized spacial score (nSPS) is 14.8. The Morgan fingerprint density at radius 1 is 1.06 bits per heavy atom. The summed E-state index contributed by atoms with van der Waals surface area (Å²) in [7, 11) is 1.91. The van der Waals surface area contributed by atoms with E-state index in [1.165, 1.54) is 0 Å². The molecule has 2 aromatic carbocycles. The molecule has 8 nitrogen and oxygen atoms in total. The molecule has 0 bridgehead atoms. The van der Waals surface area contributed by atoms with Crippen LogP contribution in [0, 0.1) is 0 Å². The topological polar surface area (TPSA) is 90.8 Å². The summed E-state index contributed by atoms with van der Waals surface area (Å²) in [6, 6.07) is 16.2. The predicted octanol–water partition coefficient (Wildman–Crippen LogP) is 5.38. The Labute approximate surface area is 208 Å². The van der Waals surface area contributed by atoms with Gasteiger partial charge in [0.2, 0.25) is 11.8 Å². The molecule has 1 aliphatic rings. The second-order valence-corrected chi connectivity index (χ2v) is 10.6. The van der Waals surface area contributed by atoms with Crippen LogP contribution in [-0.2, 0) is 22.7 Å². The number of anilines is 1. The third-order valence-electron chi connectivity index (χ3n) is 6.98. The SMILES string of the molecule is Cn1cc(-c2ccc3c(c2)ncn3-c2ccc(C3(C(=O)Nc4cc(C(C)(C)C)no4)CC3)cc2)cn1. The molecule has 0 unspecified atom stereocenters. The number of aromatic nitrogens is 5. The Hall–Kier alpha value is -4.20. The first-order chi connectivity index (χ1) is 17.2. The fourth-order valence-corrected chi connectivity index (χ4v) is 4.60. The molecule has 1 fully saturated rings. The number of aryl methyl sites for hydroxylation is 1. The van der Waals surface area contributed by atoms with Crippen molar-refractivity contribution in [2.75, 3.05) is 5.32 Å². The van der Waals surface area contributed by atoms with Crippen LogP contribution in [0.25, 0.3) is 27.8 Å². The molecule has 182 valence electrons. The molecule has 0 saturated heterocycles. The lowest BCUT2D eigenvalue weighted by atomic mass is 9.92. The third kappa shape index (κ3) is 3.79. The first kappa shape index (κ1) is 22.3. The molecule has 0 atom stereocenters. The van der Waals surface area contributed by atoms with E-state index in [4.69, 9.17) is 4.52 Å². The highest BCUT2D eigenvalue weighted by Crippen LogP contribution is 2.49. The zero-order chi connectivity index (χ0) is 25.1. The van der Waals surface area contributed by atoms with Gasteiger partial charge in [-0.1, -0.05) is 44.1 Å². The van der Waals surface area contributed by atoms with E-state index in [0.29, 0.717) is 5.88 Å². The second-order valence-electron chi connectivity index (χ2n) is 10.6. The highest BCUT2D eigenvalue weighted by atomic mass is 16.5. The molecule has 8 heteroatoms. The highest BCUT2D eigenvalue weighted by molar-refractivity contribution is 6.00. The van der Waals surface area contributed by atoms with Crippen LogP contribution in [0.1, 0.15) is 44.9 Å². The van der Waals surface area contributed by atoms with Crippen LogP contribution in [-0.4, -0.2) is 30.4 Å². The lowest BCUT2D eigenvalue weighted by Gasteiger charge is -2.15. The average Bonchev–Trinajstić information content (AvgIpc) is 3.16. The summed E-state index contributed by atoms with van der Waals surface area (Å²) < 4.78 is 9.23. The van der Waals surface area contributed by atoms with Gasteiger partial charge in [-0.05, 0) is 48.2 Å². The van der Waals surface area contributed by atoms with Crippen LogP contribution in [0.2, 0.25) is 0 Å². The van der Waals surface area contributed by atoms with Crippen LogP contribution in [0.3, 0.4) is 0 Å². The monoisotopic (exact) mass is 480 g/mol. The number of imidazole rings is 1. The summed E-state index contributed by atoms with van der Waals surface area (Å²) in [6.45, 7) is 6.18. The van der Waals surface area contributed by atoms with E-state index >= 15 is 0 Å². The minimum Gasteiger partial charge on any atom is -0.338 e. The number of amides is 1. The first-order valence-electron chi connectivity index (χ1n) is 12.1. The summed E-state index contributed by atoms with van der Waals surface area (Å²) in [4.78, 5) is 17.8. The van der Waals surface area contributed by atoms with Crippen LogP contribution in [0.5, 0.6) is 0 Å². The molecule has 1 aliphatic carbocycles. The summed E-state index contributed by atoms with van der Waals surface area (Å²) >= 11 is 0. The molecule has 6 rings (SSSR count). The number of hydrogen-bond donors (Lipinski definition) is 1. The van der Waals surface area contributed by atoms with Crippen molar-refractivity contribution in [2.24, 2.45) is 7.05 Å². The van der Waals surface area contributed by atoms with Gasteiger partial charge in [0.15, 0.2) is 0 Å². The molecule has 0 spiro atoms. The maximum atomic E-state index is 13.2. The number of carbonyl (C=O) groups is 1. The minimum absolute atomic E-state index is 0.0529. The minimum atomic E-state index is -0.525. The number of benzene rings is 2. The average molecular weight is 481 g/mol. The van der Waals surface area contributed by atoms with Crippen molar-refractivity contribution >= 4 is 22.8 Å². The quantitative estimate of drug-likeness (QED) is 0.365. The van der Waals surface area contributed by atoms with Gasteiger partial charge in [0.25, 0.3) is 0 Å². The fourth-order valence-electron chi connectivity index (χ4n) is 4.60. The number of rotatable bonds is 5. The molecular weight excluding hydrogens is 452 g/mol. The molecule has 1 saturated carbocycles. The Kier molecular flexibility index (Phi) is 4.90. The Bertz CT molecular complexity index is 1580. The van der Waals surface area contributed by atoms with Crippen molar-refractivity contribution in [2.45, 2.75) is 44.4 Å². The van der Waals surface area contributed by atoms with E-state index in [0.717, 1.165) is 51.9 Å². The van der Waals surface area contributed by atoms with Gasteiger partial charge in [-0.3, -0.25) is 19.4 Å². The van der Waals surface area contributed by atoms with E-state index in [1.54, 1.807) is 10.7 Å². The molecule has 0 radical (unpaired) electrons. The largest absolute Gasteiger partial charge is 0.338 e. The standard InChI is InChI=1S/C28H28N6O2/c1-27(2,3)24-14-25(36-32-24)31-26(35)28(11-12-28)20-6-8-21(9-7-20)34-17-29-22-13-18(5-10-23(22)34)19-15-30-33(4)16-19/h5-10,13-17H,11-12H2,1-4H3,(H,31,35). The predicted molar refractivity (Wildman–Crippen MR) is 138 cm³/mol. The van der Waals surface area contributed by atoms with Crippen molar-refractivity contribution in [3.8, 4) is 16.8 Å². The number of nitrogens with zero attached hydrogens (tertiary/aromatic N) is 5. The molecule has 3 aromatic heterocycles. The van der Waals surface area contributed by atoms with Gasteiger partial charge in [-0.25, -0.2) is 4.98 Å². The van der Waals surface area contributed by atoms with Crippen molar-refractivity contribution in [3.05, 3.63) is 78.5 Å². The third-order valence-corrected chi connectivity index (χ3v) is 6.98. The van der Waals surface area contributed by atoms with Crippen LogP contribution >= 0.6 is 0 Å². The maximum Gasteiger partial charge on any atom is 0.237 e. The van der Waals surface area contributed by atoms with Gasteiger partial charge < -0.3 is 4.52 Å². The smallest absolute Gasteiger partial charge is 0.237 e. The van der Waals surface area contributed by atoms with E-state index in [1.807, 2.05) is 50.0 Å². The number of hydrogen-bond acceptors (Lipinski definition) is 5. The van der Waals surface area contributed by atoms with Gasteiger partial charge in [-0.15, -0.1) is 0 Å². The summed E-state index contributed by atoms with van der Waals surface area (Å²) in [5, 5.41) is 11.3. The van der Waals surface area contributed by atoms with E-state index in [2.05, 4.69) is 64.1 Å².